The second-order valence-corrected chi connectivity index (χ2v) is 10.0. The zero-order valence-electron chi connectivity index (χ0n) is 21.1. The number of carbonyl (C=O) groups excluding carboxylic acids is 1. The molecule has 0 saturated carbocycles. The topological polar surface area (TPSA) is 136 Å². The Bertz CT molecular complexity index is 1400. The minimum atomic E-state index is -1.22. The van der Waals surface area contributed by atoms with Crippen LogP contribution >= 0.6 is 0 Å². The molecule has 1 aliphatic heterocycles. The van der Waals surface area contributed by atoms with E-state index in [1.807, 2.05) is 58.0 Å². The average Bonchev–Trinajstić information content (AvgIpc) is 3.45. The third-order valence-corrected chi connectivity index (χ3v) is 6.02. The number of fused-ring (bicyclic) bond motifs is 1. The van der Waals surface area contributed by atoms with Gasteiger partial charge in [-0.25, -0.2) is 4.98 Å². The Balaban J connectivity index is 1.36. The lowest BCUT2D eigenvalue weighted by atomic mass is 9.98. The van der Waals surface area contributed by atoms with Crippen LogP contribution in [0, 0.1) is 12.8 Å². The zero-order chi connectivity index (χ0) is 26.2. The molecule has 2 atom stereocenters. The first kappa shape index (κ1) is 25.0. The number of aryl methyl sites for hydroxylation is 1. The Kier molecular flexibility index (Phi) is 6.78. The summed E-state index contributed by atoms with van der Waals surface area (Å²) in [7, 11) is 0. The predicted octanol–water partition coefficient (Wildman–Crippen LogP) is 3.31. The fourth-order valence-electron chi connectivity index (χ4n) is 4.04. The molecule has 37 heavy (non-hydrogen) atoms. The summed E-state index contributed by atoms with van der Waals surface area (Å²) in [4.78, 5) is 21.9. The van der Waals surface area contributed by atoms with Gasteiger partial charge in [0.15, 0.2) is 0 Å². The van der Waals surface area contributed by atoms with E-state index >= 15 is 0 Å². The molecule has 11 nitrogen and oxygen atoms in total. The number of aliphatic hydroxyl groups is 1. The van der Waals surface area contributed by atoms with E-state index in [0.29, 0.717) is 47.5 Å². The Morgan fingerprint density at radius 1 is 1.24 bits per heavy atom. The van der Waals surface area contributed by atoms with Crippen LogP contribution in [0.4, 0.5) is 5.69 Å². The number of pyridine rings is 1. The maximum atomic E-state index is 13.0. The SMILES string of the molecule is Cc1ccc(-c2noc(C(NC(O)OC(C)(C)C)C3COC3)n2)cc1NC(=O)c1cnc2ccccn12. The first-order chi connectivity index (χ1) is 17.7. The van der Waals surface area contributed by atoms with Crippen LogP contribution in [0.25, 0.3) is 17.0 Å². The fraction of sp³-hybridized carbons (Fsp3) is 0.385. The molecule has 5 rings (SSSR count). The van der Waals surface area contributed by atoms with E-state index in [4.69, 9.17) is 14.0 Å². The van der Waals surface area contributed by atoms with Gasteiger partial charge in [-0.3, -0.25) is 14.5 Å². The van der Waals surface area contributed by atoms with Gasteiger partial charge in [0, 0.05) is 23.4 Å². The summed E-state index contributed by atoms with van der Waals surface area (Å²) >= 11 is 0. The molecular weight excluding hydrogens is 476 g/mol. The van der Waals surface area contributed by atoms with Gasteiger partial charge in [0.2, 0.25) is 18.1 Å². The molecule has 2 unspecified atom stereocenters. The molecule has 1 amide bonds. The molecule has 3 N–H and O–H groups in total. The smallest absolute Gasteiger partial charge is 0.274 e. The maximum absolute atomic E-state index is 13.0. The molecule has 1 fully saturated rings. The Morgan fingerprint density at radius 3 is 2.78 bits per heavy atom. The summed E-state index contributed by atoms with van der Waals surface area (Å²) in [5.74, 6) is 0.440. The molecule has 0 spiro atoms. The highest BCUT2D eigenvalue weighted by Crippen LogP contribution is 2.30. The van der Waals surface area contributed by atoms with Crippen LogP contribution in [0.5, 0.6) is 0 Å². The maximum Gasteiger partial charge on any atom is 0.274 e. The number of nitrogens with one attached hydrogen (secondary N) is 2. The van der Waals surface area contributed by atoms with Crippen molar-refractivity contribution < 1.29 is 23.9 Å². The Hall–Kier alpha value is -3.64. The molecule has 4 heterocycles. The lowest BCUT2D eigenvalue weighted by Crippen LogP contribution is -2.46. The number of rotatable bonds is 8. The Labute approximate surface area is 213 Å². The molecule has 194 valence electrons. The number of nitrogens with zero attached hydrogens (tertiary/aromatic N) is 4. The van der Waals surface area contributed by atoms with Crippen LogP contribution in [0.3, 0.4) is 0 Å². The summed E-state index contributed by atoms with van der Waals surface area (Å²) in [6.45, 7) is 8.47. The molecule has 3 aromatic heterocycles. The summed E-state index contributed by atoms with van der Waals surface area (Å²) in [6.07, 6.45) is 2.12. The van der Waals surface area contributed by atoms with E-state index in [1.165, 1.54) is 0 Å². The third-order valence-electron chi connectivity index (χ3n) is 6.02. The summed E-state index contributed by atoms with van der Waals surface area (Å²) in [5.41, 5.74) is 2.74. The molecular formula is C26H30N6O5. The molecule has 0 radical (unpaired) electrons. The predicted molar refractivity (Wildman–Crippen MR) is 135 cm³/mol. The first-order valence-electron chi connectivity index (χ1n) is 12.1. The highest BCUT2D eigenvalue weighted by molar-refractivity contribution is 6.04. The van der Waals surface area contributed by atoms with E-state index < -0.39 is 18.1 Å². The van der Waals surface area contributed by atoms with Crippen molar-refractivity contribution in [3.05, 3.63) is 65.9 Å². The number of benzene rings is 1. The van der Waals surface area contributed by atoms with Gasteiger partial charge in [-0.2, -0.15) is 4.98 Å². The van der Waals surface area contributed by atoms with E-state index in [9.17, 15) is 9.90 Å². The normalized spacial score (nSPS) is 15.9. The lowest BCUT2D eigenvalue weighted by Gasteiger charge is -2.34. The van der Waals surface area contributed by atoms with E-state index in [0.717, 1.165) is 5.56 Å². The minimum absolute atomic E-state index is 0.0462. The number of amides is 1. The highest BCUT2D eigenvalue weighted by Gasteiger charge is 2.36. The average molecular weight is 507 g/mol. The van der Waals surface area contributed by atoms with Gasteiger partial charge >= 0.3 is 0 Å². The second-order valence-electron chi connectivity index (χ2n) is 10.0. The van der Waals surface area contributed by atoms with E-state index in [2.05, 4.69) is 25.8 Å². The van der Waals surface area contributed by atoms with Gasteiger partial charge in [-0.05, 0) is 51.5 Å². The van der Waals surface area contributed by atoms with Gasteiger partial charge in [0.25, 0.3) is 5.91 Å². The van der Waals surface area contributed by atoms with Crippen molar-refractivity contribution in [2.24, 2.45) is 5.92 Å². The molecule has 4 aromatic rings. The van der Waals surface area contributed by atoms with Crippen molar-refractivity contribution in [2.75, 3.05) is 18.5 Å². The van der Waals surface area contributed by atoms with Crippen molar-refractivity contribution in [1.29, 1.82) is 0 Å². The molecule has 0 aliphatic carbocycles. The number of carbonyl (C=O) groups is 1. The van der Waals surface area contributed by atoms with Gasteiger partial charge in [-0.1, -0.05) is 23.4 Å². The van der Waals surface area contributed by atoms with E-state index in [-0.39, 0.29) is 11.8 Å². The zero-order valence-corrected chi connectivity index (χ0v) is 21.1. The van der Waals surface area contributed by atoms with Crippen LogP contribution in [-0.4, -0.2) is 55.8 Å². The number of hydrogen-bond acceptors (Lipinski definition) is 9. The number of ether oxygens (including phenoxy) is 2. The summed E-state index contributed by atoms with van der Waals surface area (Å²) in [5, 5.41) is 20.5. The summed E-state index contributed by atoms with van der Waals surface area (Å²) in [6, 6.07) is 10.6. The van der Waals surface area contributed by atoms with Gasteiger partial charge < -0.3 is 24.4 Å². The van der Waals surface area contributed by atoms with Gasteiger partial charge in [0.05, 0.1) is 31.1 Å². The van der Waals surface area contributed by atoms with Crippen molar-refractivity contribution >= 4 is 17.2 Å². The fourth-order valence-corrected chi connectivity index (χ4v) is 4.04. The molecule has 0 bridgehead atoms. The molecule has 1 saturated heterocycles. The van der Waals surface area contributed by atoms with Gasteiger partial charge in [0.1, 0.15) is 11.3 Å². The summed E-state index contributed by atoms with van der Waals surface area (Å²) < 4.78 is 18.2. The largest absolute Gasteiger partial charge is 0.381 e. The monoisotopic (exact) mass is 506 g/mol. The molecule has 11 heteroatoms. The number of hydrogen-bond donors (Lipinski definition) is 3. The number of aliphatic hydroxyl groups excluding tert-OH is 1. The van der Waals surface area contributed by atoms with Crippen LogP contribution < -0.4 is 10.6 Å². The molecule has 1 aliphatic rings. The number of anilines is 1. The number of imidazole rings is 1. The Morgan fingerprint density at radius 2 is 2.05 bits per heavy atom. The first-order valence-corrected chi connectivity index (χ1v) is 12.1. The molecule has 1 aromatic carbocycles. The highest BCUT2D eigenvalue weighted by atomic mass is 16.6. The van der Waals surface area contributed by atoms with Gasteiger partial charge in [-0.15, -0.1) is 0 Å². The quantitative estimate of drug-likeness (QED) is 0.307. The standard InChI is InChI=1S/C26H30N6O5/c1-15-8-9-16(11-18(15)28-23(33)19-12-27-20-7-5-6-10-32(19)20)22-30-24(37-31-22)21(17-13-35-14-17)29-25(34)36-26(2,3)4/h5-12,17,21,25,29,34H,13-14H2,1-4H3,(H,28,33). The van der Waals surface area contributed by atoms with Crippen LogP contribution in [-0.2, 0) is 9.47 Å². The van der Waals surface area contributed by atoms with Crippen molar-refractivity contribution in [2.45, 2.75) is 45.8 Å². The second kappa shape index (κ2) is 10.0. The number of aromatic nitrogens is 4. The van der Waals surface area contributed by atoms with Crippen LogP contribution in [0.2, 0.25) is 0 Å². The minimum Gasteiger partial charge on any atom is -0.381 e. The third kappa shape index (κ3) is 5.54. The van der Waals surface area contributed by atoms with Crippen molar-refractivity contribution in [3.63, 3.8) is 0 Å². The van der Waals surface area contributed by atoms with Crippen molar-refractivity contribution in [3.8, 4) is 11.4 Å². The lowest BCUT2D eigenvalue weighted by molar-refractivity contribution is -0.194. The van der Waals surface area contributed by atoms with Crippen LogP contribution in [0.15, 0.2) is 53.3 Å². The van der Waals surface area contributed by atoms with Crippen molar-refractivity contribution in [1.82, 2.24) is 24.8 Å². The van der Waals surface area contributed by atoms with Crippen LogP contribution in [0.1, 0.15) is 48.8 Å². The van der Waals surface area contributed by atoms with E-state index in [1.54, 1.807) is 22.9 Å².